The second-order valence-electron chi connectivity index (χ2n) is 5.24. The van der Waals surface area contributed by atoms with Crippen LogP contribution < -0.4 is 10.2 Å². The van der Waals surface area contributed by atoms with Gasteiger partial charge in [-0.25, -0.2) is 4.98 Å². The Bertz CT molecular complexity index is 387. The van der Waals surface area contributed by atoms with Crippen LogP contribution in [0.3, 0.4) is 0 Å². The van der Waals surface area contributed by atoms with Crippen molar-refractivity contribution >= 4 is 11.8 Å². The monoisotopic (exact) mass is 278 g/mol. The van der Waals surface area contributed by atoms with Gasteiger partial charge in [0.2, 0.25) is 5.95 Å². The Kier molecular flexibility index (Phi) is 6.05. The molecule has 1 saturated heterocycles. The predicted octanol–water partition coefficient (Wildman–Crippen LogP) is 2.69. The zero-order chi connectivity index (χ0) is 14.2. The van der Waals surface area contributed by atoms with Gasteiger partial charge in [-0.15, -0.1) is 0 Å². The Labute approximate surface area is 121 Å². The lowest BCUT2D eigenvalue weighted by molar-refractivity contribution is 0.120. The molecule has 0 aromatic carbocycles. The van der Waals surface area contributed by atoms with Crippen LogP contribution in [0.5, 0.6) is 0 Å². The molecular formula is C15H26N4O. The van der Waals surface area contributed by atoms with E-state index >= 15 is 0 Å². The number of ether oxygens (including phenoxy) is 1. The number of hydrogen-bond donors (Lipinski definition) is 1. The summed E-state index contributed by atoms with van der Waals surface area (Å²) in [5, 5.41) is 3.36. The minimum atomic E-state index is 0.329. The largest absolute Gasteiger partial charge is 0.376 e. The van der Waals surface area contributed by atoms with E-state index in [1.165, 1.54) is 6.42 Å². The van der Waals surface area contributed by atoms with E-state index in [0.717, 1.165) is 57.3 Å². The van der Waals surface area contributed by atoms with Gasteiger partial charge < -0.3 is 15.0 Å². The Morgan fingerprint density at radius 2 is 2.15 bits per heavy atom. The van der Waals surface area contributed by atoms with Gasteiger partial charge in [-0.2, -0.15) is 4.98 Å². The molecule has 1 N–H and O–H groups in total. The minimum absolute atomic E-state index is 0.329. The van der Waals surface area contributed by atoms with Crippen LogP contribution in [0.1, 0.15) is 39.5 Å². The molecule has 0 radical (unpaired) electrons. The van der Waals surface area contributed by atoms with Crippen molar-refractivity contribution in [2.75, 3.05) is 36.5 Å². The fourth-order valence-corrected chi connectivity index (χ4v) is 2.47. The summed E-state index contributed by atoms with van der Waals surface area (Å²) >= 11 is 0. The summed E-state index contributed by atoms with van der Waals surface area (Å²) in [6.45, 7) is 8.09. The minimum Gasteiger partial charge on any atom is -0.376 e. The topological polar surface area (TPSA) is 50.3 Å². The summed E-state index contributed by atoms with van der Waals surface area (Å²) in [4.78, 5) is 11.3. The average molecular weight is 278 g/mol. The summed E-state index contributed by atoms with van der Waals surface area (Å²) in [5.74, 6) is 1.72. The molecular weight excluding hydrogens is 252 g/mol. The molecule has 1 aromatic heterocycles. The molecule has 2 rings (SSSR count). The van der Waals surface area contributed by atoms with Gasteiger partial charge in [0.05, 0.1) is 6.10 Å². The van der Waals surface area contributed by atoms with Crippen LogP contribution in [0.25, 0.3) is 0 Å². The first kappa shape index (κ1) is 15.0. The van der Waals surface area contributed by atoms with E-state index in [2.05, 4.69) is 34.0 Å². The van der Waals surface area contributed by atoms with Crippen LogP contribution >= 0.6 is 0 Å². The van der Waals surface area contributed by atoms with Crippen LogP contribution in [-0.2, 0) is 4.74 Å². The molecule has 0 bridgehead atoms. The van der Waals surface area contributed by atoms with Gasteiger partial charge in [0.1, 0.15) is 5.82 Å². The number of hydrogen-bond acceptors (Lipinski definition) is 5. The average Bonchev–Trinajstić information content (AvgIpc) is 2.98. The van der Waals surface area contributed by atoms with E-state index < -0.39 is 0 Å². The van der Waals surface area contributed by atoms with Crippen molar-refractivity contribution in [2.45, 2.75) is 45.6 Å². The molecule has 1 aliphatic heterocycles. The van der Waals surface area contributed by atoms with E-state index in [1.807, 2.05) is 12.3 Å². The molecule has 1 fully saturated rings. The molecule has 0 amide bonds. The van der Waals surface area contributed by atoms with Crippen LogP contribution in [0.15, 0.2) is 12.3 Å². The Hall–Kier alpha value is -1.36. The van der Waals surface area contributed by atoms with Crippen LogP contribution in [-0.4, -0.2) is 42.3 Å². The molecule has 5 heteroatoms. The Morgan fingerprint density at radius 1 is 1.35 bits per heavy atom. The van der Waals surface area contributed by atoms with E-state index in [-0.39, 0.29) is 0 Å². The fourth-order valence-electron chi connectivity index (χ4n) is 2.47. The first-order chi connectivity index (χ1) is 9.83. The quantitative estimate of drug-likeness (QED) is 0.792. The molecule has 0 aliphatic carbocycles. The van der Waals surface area contributed by atoms with Gasteiger partial charge in [0, 0.05) is 32.4 Å². The van der Waals surface area contributed by atoms with Crippen molar-refractivity contribution < 1.29 is 4.74 Å². The van der Waals surface area contributed by atoms with Crippen LogP contribution in [0.4, 0.5) is 11.8 Å². The third kappa shape index (κ3) is 4.34. The summed E-state index contributed by atoms with van der Waals surface area (Å²) in [6, 6.07) is 1.93. The highest BCUT2D eigenvalue weighted by molar-refractivity contribution is 5.41. The summed E-state index contributed by atoms with van der Waals surface area (Å²) < 4.78 is 5.61. The SMILES string of the molecule is CCCN(CCC)c1nccc(NCC2CCCO2)n1. The first-order valence-electron chi connectivity index (χ1n) is 7.77. The lowest BCUT2D eigenvalue weighted by Crippen LogP contribution is -2.27. The lowest BCUT2D eigenvalue weighted by atomic mass is 10.2. The smallest absolute Gasteiger partial charge is 0.227 e. The number of aromatic nitrogens is 2. The van der Waals surface area contributed by atoms with Crippen molar-refractivity contribution in [3.05, 3.63) is 12.3 Å². The normalized spacial score (nSPS) is 18.2. The van der Waals surface area contributed by atoms with Gasteiger partial charge in [-0.3, -0.25) is 0 Å². The molecule has 112 valence electrons. The second kappa shape index (κ2) is 8.04. The summed E-state index contributed by atoms with van der Waals surface area (Å²) in [7, 11) is 0. The molecule has 1 atom stereocenters. The second-order valence-corrected chi connectivity index (χ2v) is 5.24. The highest BCUT2D eigenvalue weighted by atomic mass is 16.5. The maximum Gasteiger partial charge on any atom is 0.227 e. The molecule has 20 heavy (non-hydrogen) atoms. The maximum atomic E-state index is 5.61. The molecule has 0 spiro atoms. The number of rotatable bonds is 8. The van der Waals surface area contributed by atoms with Gasteiger partial charge >= 0.3 is 0 Å². The molecule has 1 aromatic rings. The molecule has 0 saturated carbocycles. The van der Waals surface area contributed by atoms with Gasteiger partial charge in [-0.1, -0.05) is 13.8 Å². The summed E-state index contributed by atoms with van der Waals surface area (Å²) in [6.07, 6.45) is 6.69. The van der Waals surface area contributed by atoms with Crippen molar-refractivity contribution in [1.82, 2.24) is 9.97 Å². The highest BCUT2D eigenvalue weighted by Gasteiger charge is 2.15. The van der Waals surface area contributed by atoms with E-state index in [4.69, 9.17) is 4.74 Å². The van der Waals surface area contributed by atoms with Crippen LogP contribution in [0.2, 0.25) is 0 Å². The number of anilines is 2. The Balaban J connectivity index is 1.94. The van der Waals surface area contributed by atoms with Gasteiger partial charge in [0.15, 0.2) is 0 Å². The molecule has 1 unspecified atom stereocenters. The first-order valence-corrected chi connectivity index (χ1v) is 7.77. The predicted molar refractivity (Wildman–Crippen MR) is 82.3 cm³/mol. The fraction of sp³-hybridized carbons (Fsp3) is 0.733. The van der Waals surface area contributed by atoms with E-state index in [0.29, 0.717) is 6.10 Å². The standard InChI is InChI=1S/C15H26N4O/c1-3-9-19(10-4-2)15-16-8-7-14(18-15)17-12-13-6-5-11-20-13/h7-8,13H,3-6,9-12H2,1-2H3,(H,16,17,18). The highest BCUT2D eigenvalue weighted by Crippen LogP contribution is 2.15. The van der Waals surface area contributed by atoms with Crippen LogP contribution in [0, 0.1) is 0 Å². The van der Waals surface area contributed by atoms with E-state index in [9.17, 15) is 0 Å². The Morgan fingerprint density at radius 3 is 2.80 bits per heavy atom. The molecule has 5 nitrogen and oxygen atoms in total. The molecule has 2 heterocycles. The molecule has 1 aliphatic rings. The summed E-state index contributed by atoms with van der Waals surface area (Å²) in [5.41, 5.74) is 0. The van der Waals surface area contributed by atoms with Gasteiger partial charge in [-0.05, 0) is 31.7 Å². The van der Waals surface area contributed by atoms with Crippen molar-refractivity contribution in [3.8, 4) is 0 Å². The van der Waals surface area contributed by atoms with Crippen molar-refractivity contribution in [3.63, 3.8) is 0 Å². The zero-order valence-corrected chi connectivity index (χ0v) is 12.6. The van der Waals surface area contributed by atoms with Crippen molar-refractivity contribution in [2.24, 2.45) is 0 Å². The van der Waals surface area contributed by atoms with E-state index in [1.54, 1.807) is 0 Å². The number of nitrogens with zero attached hydrogens (tertiary/aromatic N) is 3. The lowest BCUT2D eigenvalue weighted by Gasteiger charge is -2.21. The zero-order valence-electron chi connectivity index (χ0n) is 12.6. The maximum absolute atomic E-state index is 5.61. The van der Waals surface area contributed by atoms with Gasteiger partial charge in [0.25, 0.3) is 0 Å². The number of nitrogens with one attached hydrogen (secondary N) is 1. The van der Waals surface area contributed by atoms with Crippen molar-refractivity contribution in [1.29, 1.82) is 0 Å². The third-order valence-electron chi connectivity index (χ3n) is 3.45. The third-order valence-corrected chi connectivity index (χ3v) is 3.45.